The van der Waals surface area contributed by atoms with Gasteiger partial charge in [-0.25, -0.2) is 4.68 Å². The zero-order valence-electron chi connectivity index (χ0n) is 15.4. The van der Waals surface area contributed by atoms with Crippen LogP contribution in [0.2, 0.25) is 0 Å². The molecule has 2 N–H and O–H groups in total. The van der Waals surface area contributed by atoms with Crippen LogP contribution in [0.1, 0.15) is 25.7 Å². The number of anilines is 1. The van der Waals surface area contributed by atoms with Gasteiger partial charge in [0.05, 0.1) is 27.5 Å². The van der Waals surface area contributed by atoms with Crippen molar-refractivity contribution >= 4 is 39.1 Å². The van der Waals surface area contributed by atoms with E-state index in [4.69, 9.17) is 0 Å². The number of fused-ring (bicyclic) bond motifs is 1. The number of nitrogens with one attached hydrogen (secondary N) is 2. The second kappa shape index (κ2) is 7.28. The molecule has 0 fully saturated rings. The number of aromatic nitrogens is 2. The molecule has 0 spiro atoms. The Hall–Kier alpha value is -3.45. The van der Waals surface area contributed by atoms with E-state index in [0.717, 1.165) is 21.6 Å². The molecule has 4 rings (SSSR count). The number of hydrogen-bond donors (Lipinski definition) is 2. The maximum Gasteiger partial charge on any atom is 0.265 e. The van der Waals surface area contributed by atoms with Gasteiger partial charge in [0.25, 0.3) is 11.8 Å². The molecule has 0 aliphatic rings. The number of rotatable bonds is 4. The van der Waals surface area contributed by atoms with E-state index in [2.05, 4.69) is 15.7 Å². The Bertz CT molecular complexity index is 1180. The number of nitrogens with zero attached hydrogens (tertiary/aromatic N) is 2. The number of hydrogen-bond acceptors (Lipinski definition) is 4. The van der Waals surface area contributed by atoms with E-state index in [1.165, 1.54) is 11.3 Å². The molecule has 0 unspecified atom stereocenters. The van der Waals surface area contributed by atoms with Crippen LogP contribution in [0.5, 0.6) is 0 Å². The Kier molecular flexibility index (Phi) is 4.67. The number of benzene rings is 2. The van der Waals surface area contributed by atoms with Crippen LogP contribution >= 0.6 is 11.3 Å². The Morgan fingerprint density at radius 1 is 1.00 bits per heavy atom. The van der Waals surface area contributed by atoms with Gasteiger partial charge < -0.3 is 10.6 Å². The second-order valence-electron chi connectivity index (χ2n) is 6.24. The molecule has 0 aliphatic heterocycles. The highest BCUT2D eigenvalue weighted by molar-refractivity contribution is 7.20. The SMILES string of the molecule is CNC(=O)c1ccccc1NC(=O)c1cc2c(C)nn(-c3ccccc3)c2s1. The minimum absolute atomic E-state index is 0.247. The third-order valence-corrected chi connectivity index (χ3v) is 5.53. The highest BCUT2D eigenvalue weighted by Crippen LogP contribution is 2.31. The molecule has 2 heterocycles. The summed E-state index contributed by atoms with van der Waals surface area (Å²) in [5.41, 5.74) is 2.70. The van der Waals surface area contributed by atoms with Gasteiger partial charge >= 0.3 is 0 Å². The fourth-order valence-corrected chi connectivity index (χ4v) is 4.09. The molecule has 0 bridgehead atoms. The van der Waals surface area contributed by atoms with Crippen LogP contribution in [0.25, 0.3) is 15.9 Å². The van der Waals surface area contributed by atoms with Gasteiger partial charge in [0.1, 0.15) is 4.83 Å². The minimum atomic E-state index is -0.253. The largest absolute Gasteiger partial charge is 0.355 e. The van der Waals surface area contributed by atoms with E-state index in [1.54, 1.807) is 31.3 Å². The summed E-state index contributed by atoms with van der Waals surface area (Å²) in [6.45, 7) is 1.93. The van der Waals surface area contributed by atoms with Crippen LogP contribution in [-0.2, 0) is 0 Å². The molecule has 2 aromatic heterocycles. The van der Waals surface area contributed by atoms with Crippen molar-refractivity contribution < 1.29 is 9.59 Å². The van der Waals surface area contributed by atoms with Gasteiger partial charge in [-0.15, -0.1) is 11.3 Å². The first-order chi connectivity index (χ1) is 13.6. The lowest BCUT2D eigenvalue weighted by Crippen LogP contribution is -2.21. The van der Waals surface area contributed by atoms with Gasteiger partial charge in [-0.3, -0.25) is 9.59 Å². The number of carbonyl (C=O) groups is 2. The average molecular weight is 390 g/mol. The first kappa shape index (κ1) is 17.9. The number of amides is 2. The van der Waals surface area contributed by atoms with Gasteiger partial charge in [0.2, 0.25) is 0 Å². The van der Waals surface area contributed by atoms with Crippen molar-refractivity contribution in [3.05, 3.63) is 76.8 Å². The van der Waals surface area contributed by atoms with Crippen LogP contribution < -0.4 is 10.6 Å². The summed E-state index contributed by atoms with van der Waals surface area (Å²) in [6.07, 6.45) is 0. The standard InChI is InChI=1S/C21H18N4O2S/c1-13-16-12-18(28-21(16)25(24-13)14-8-4-3-5-9-14)20(27)23-17-11-7-6-10-15(17)19(26)22-2/h3-12H,1-2H3,(H,22,26)(H,23,27). The Balaban J connectivity index is 1.69. The molecule has 0 saturated heterocycles. The van der Waals surface area contributed by atoms with Crippen molar-refractivity contribution in [1.82, 2.24) is 15.1 Å². The quantitative estimate of drug-likeness (QED) is 0.553. The van der Waals surface area contributed by atoms with Crippen molar-refractivity contribution in [2.75, 3.05) is 12.4 Å². The third-order valence-electron chi connectivity index (χ3n) is 4.42. The summed E-state index contributed by atoms with van der Waals surface area (Å²) in [6, 6.07) is 18.6. The van der Waals surface area contributed by atoms with Crippen molar-refractivity contribution in [3.8, 4) is 5.69 Å². The van der Waals surface area contributed by atoms with Gasteiger partial charge in [-0.1, -0.05) is 30.3 Å². The normalized spacial score (nSPS) is 10.8. The number of aryl methyl sites for hydroxylation is 1. The molecule has 4 aromatic rings. The molecule has 0 atom stereocenters. The van der Waals surface area contributed by atoms with Gasteiger partial charge in [-0.05, 0) is 37.3 Å². The lowest BCUT2D eigenvalue weighted by Gasteiger charge is -2.09. The van der Waals surface area contributed by atoms with Crippen molar-refractivity contribution in [3.63, 3.8) is 0 Å². The van der Waals surface area contributed by atoms with Crippen LogP contribution in [0, 0.1) is 6.92 Å². The zero-order chi connectivity index (χ0) is 19.7. The topological polar surface area (TPSA) is 76.0 Å². The monoisotopic (exact) mass is 390 g/mol. The molecule has 6 nitrogen and oxygen atoms in total. The molecule has 28 heavy (non-hydrogen) atoms. The molecule has 2 amide bonds. The zero-order valence-corrected chi connectivity index (χ0v) is 16.2. The van der Waals surface area contributed by atoms with E-state index >= 15 is 0 Å². The molecular weight excluding hydrogens is 372 g/mol. The summed E-state index contributed by atoms with van der Waals surface area (Å²) in [4.78, 5) is 26.3. The van der Waals surface area contributed by atoms with Gasteiger partial charge in [0, 0.05) is 12.4 Å². The fraction of sp³-hybridized carbons (Fsp3) is 0.0952. The molecule has 140 valence electrons. The summed E-state index contributed by atoms with van der Waals surface area (Å²) >= 11 is 1.37. The number of carbonyl (C=O) groups excluding carboxylic acids is 2. The lowest BCUT2D eigenvalue weighted by atomic mass is 10.1. The highest BCUT2D eigenvalue weighted by Gasteiger charge is 2.19. The maximum atomic E-state index is 12.8. The molecular formula is C21H18N4O2S. The van der Waals surface area contributed by atoms with Crippen molar-refractivity contribution in [2.45, 2.75) is 6.92 Å². The summed E-state index contributed by atoms with van der Waals surface area (Å²) < 4.78 is 1.85. The summed E-state index contributed by atoms with van der Waals surface area (Å²) in [7, 11) is 1.56. The van der Waals surface area contributed by atoms with Crippen LogP contribution in [0.3, 0.4) is 0 Å². The fourth-order valence-electron chi connectivity index (χ4n) is 3.01. The third kappa shape index (κ3) is 3.16. The predicted octanol–water partition coefficient (Wildman–Crippen LogP) is 4.01. The molecule has 0 saturated carbocycles. The number of thiophene rings is 1. The highest BCUT2D eigenvalue weighted by atomic mass is 32.1. The predicted molar refractivity (Wildman–Crippen MR) is 111 cm³/mol. The molecule has 2 aromatic carbocycles. The minimum Gasteiger partial charge on any atom is -0.355 e. The second-order valence-corrected chi connectivity index (χ2v) is 7.27. The molecule has 0 radical (unpaired) electrons. The van der Waals surface area contributed by atoms with Gasteiger partial charge in [0.15, 0.2) is 0 Å². The average Bonchev–Trinajstić information content (AvgIpc) is 3.29. The first-order valence-electron chi connectivity index (χ1n) is 8.75. The molecule has 7 heteroatoms. The van der Waals surface area contributed by atoms with Crippen molar-refractivity contribution in [2.24, 2.45) is 0 Å². The Morgan fingerprint density at radius 3 is 2.46 bits per heavy atom. The van der Waals surface area contributed by atoms with E-state index in [9.17, 15) is 9.59 Å². The number of para-hydroxylation sites is 2. The lowest BCUT2D eigenvalue weighted by molar-refractivity contribution is 0.0964. The Labute approximate surface area is 165 Å². The molecule has 0 aliphatic carbocycles. The summed E-state index contributed by atoms with van der Waals surface area (Å²) in [5, 5.41) is 11.0. The first-order valence-corrected chi connectivity index (χ1v) is 9.57. The van der Waals surface area contributed by atoms with Crippen LogP contribution in [0.15, 0.2) is 60.7 Å². The van der Waals surface area contributed by atoms with Crippen LogP contribution in [0.4, 0.5) is 5.69 Å². The van der Waals surface area contributed by atoms with E-state index in [0.29, 0.717) is 16.1 Å². The Morgan fingerprint density at radius 2 is 1.71 bits per heavy atom. The maximum absolute atomic E-state index is 12.8. The summed E-state index contributed by atoms with van der Waals surface area (Å²) in [5.74, 6) is -0.501. The van der Waals surface area contributed by atoms with Gasteiger partial charge in [-0.2, -0.15) is 5.10 Å². The smallest absolute Gasteiger partial charge is 0.265 e. The van der Waals surface area contributed by atoms with Crippen LogP contribution in [-0.4, -0.2) is 28.6 Å². The van der Waals surface area contributed by atoms with Crippen molar-refractivity contribution in [1.29, 1.82) is 0 Å². The van der Waals surface area contributed by atoms with E-state index in [-0.39, 0.29) is 11.8 Å². The van der Waals surface area contributed by atoms with E-state index in [1.807, 2.05) is 48.0 Å². The van der Waals surface area contributed by atoms with E-state index < -0.39 is 0 Å².